The standard InChI is InChI=1S/C12H23N3OS/c16-12(11-3-1-2-4-13-11)14-5-6-15-7-9-17-10-8-15/h11,13H,1-10H2,(H,14,16). The highest BCUT2D eigenvalue weighted by Gasteiger charge is 2.20. The molecule has 4 nitrogen and oxygen atoms in total. The number of nitrogens with one attached hydrogen (secondary N) is 2. The van der Waals surface area contributed by atoms with Crippen molar-refractivity contribution in [2.45, 2.75) is 25.3 Å². The van der Waals surface area contributed by atoms with Crippen LogP contribution < -0.4 is 10.6 Å². The summed E-state index contributed by atoms with van der Waals surface area (Å²) in [7, 11) is 0. The summed E-state index contributed by atoms with van der Waals surface area (Å²) in [4.78, 5) is 14.3. The fourth-order valence-corrected chi connectivity index (χ4v) is 3.34. The van der Waals surface area contributed by atoms with Gasteiger partial charge in [-0.05, 0) is 19.4 Å². The van der Waals surface area contributed by atoms with Gasteiger partial charge < -0.3 is 10.6 Å². The summed E-state index contributed by atoms with van der Waals surface area (Å²) in [5.74, 6) is 2.66. The monoisotopic (exact) mass is 257 g/mol. The van der Waals surface area contributed by atoms with Crippen LogP contribution in [0.15, 0.2) is 0 Å². The second-order valence-corrected chi connectivity index (χ2v) is 5.97. The summed E-state index contributed by atoms with van der Waals surface area (Å²) >= 11 is 2.02. The van der Waals surface area contributed by atoms with Gasteiger partial charge >= 0.3 is 0 Å². The van der Waals surface area contributed by atoms with Crippen molar-refractivity contribution in [2.24, 2.45) is 0 Å². The molecular weight excluding hydrogens is 234 g/mol. The molecule has 0 aromatic heterocycles. The zero-order valence-corrected chi connectivity index (χ0v) is 11.2. The van der Waals surface area contributed by atoms with E-state index in [9.17, 15) is 4.79 Å². The Hall–Kier alpha value is -0.260. The topological polar surface area (TPSA) is 44.4 Å². The lowest BCUT2D eigenvalue weighted by atomic mass is 10.0. The van der Waals surface area contributed by atoms with Crippen molar-refractivity contribution in [3.63, 3.8) is 0 Å². The molecular formula is C12H23N3OS. The molecule has 0 aromatic carbocycles. The molecule has 2 aliphatic rings. The minimum atomic E-state index is 0.0562. The van der Waals surface area contributed by atoms with E-state index in [0.29, 0.717) is 0 Å². The lowest BCUT2D eigenvalue weighted by Gasteiger charge is -2.27. The maximum absolute atomic E-state index is 11.8. The van der Waals surface area contributed by atoms with Gasteiger partial charge in [0.15, 0.2) is 0 Å². The first kappa shape index (κ1) is 13.2. The molecule has 2 aliphatic heterocycles. The molecule has 0 spiro atoms. The Labute approximate surface area is 108 Å². The number of hydrogen-bond acceptors (Lipinski definition) is 4. The third-order valence-electron chi connectivity index (χ3n) is 3.46. The molecule has 5 heteroatoms. The number of carbonyl (C=O) groups is 1. The van der Waals surface area contributed by atoms with Gasteiger partial charge in [0.2, 0.25) is 5.91 Å². The summed E-state index contributed by atoms with van der Waals surface area (Å²) < 4.78 is 0. The van der Waals surface area contributed by atoms with Gasteiger partial charge in [-0.1, -0.05) is 6.42 Å². The molecule has 0 aromatic rings. The number of thioether (sulfide) groups is 1. The van der Waals surface area contributed by atoms with E-state index in [-0.39, 0.29) is 11.9 Å². The lowest BCUT2D eigenvalue weighted by Crippen LogP contribution is -2.48. The van der Waals surface area contributed by atoms with Gasteiger partial charge in [-0.15, -0.1) is 0 Å². The molecule has 0 saturated carbocycles. The summed E-state index contributed by atoms with van der Waals surface area (Å²) in [6.45, 7) is 5.12. The van der Waals surface area contributed by atoms with E-state index < -0.39 is 0 Å². The molecule has 1 unspecified atom stereocenters. The predicted octanol–water partition coefficient (Wildman–Crippen LogP) is 0.294. The van der Waals surface area contributed by atoms with E-state index in [1.54, 1.807) is 0 Å². The van der Waals surface area contributed by atoms with Gasteiger partial charge in [0, 0.05) is 37.7 Å². The number of nitrogens with zero attached hydrogens (tertiary/aromatic N) is 1. The van der Waals surface area contributed by atoms with Crippen LogP contribution in [0.25, 0.3) is 0 Å². The Morgan fingerprint density at radius 2 is 2.18 bits per heavy atom. The highest BCUT2D eigenvalue weighted by molar-refractivity contribution is 7.99. The summed E-state index contributed by atoms with van der Waals surface area (Å²) in [6, 6.07) is 0.0562. The van der Waals surface area contributed by atoms with Crippen molar-refractivity contribution in [2.75, 3.05) is 44.2 Å². The number of rotatable bonds is 4. The van der Waals surface area contributed by atoms with E-state index in [2.05, 4.69) is 15.5 Å². The van der Waals surface area contributed by atoms with Gasteiger partial charge in [-0.3, -0.25) is 9.69 Å². The maximum Gasteiger partial charge on any atom is 0.237 e. The summed E-state index contributed by atoms with van der Waals surface area (Å²) in [5, 5.41) is 6.33. The van der Waals surface area contributed by atoms with Crippen LogP contribution in [-0.2, 0) is 4.79 Å². The minimum Gasteiger partial charge on any atom is -0.353 e. The van der Waals surface area contributed by atoms with Gasteiger partial charge in [0.05, 0.1) is 6.04 Å². The molecule has 2 heterocycles. The van der Waals surface area contributed by atoms with Gasteiger partial charge in [-0.25, -0.2) is 0 Å². The molecule has 0 radical (unpaired) electrons. The molecule has 1 atom stereocenters. The first-order chi connectivity index (χ1) is 8.36. The molecule has 2 saturated heterocycles. The van der Waals surface area contributed by atoms with Gasteiger partial charge in [0.25, 0.3) is 0 Å². The quantitative estimate of drug-likeness (QED) is 0.760. The second kappa shape index (κ2) is 7.24. The summed E-state index contributed by atoms with van der Waals surface area (Å²) in [6.07, 6.45) is 3.37. The van der Waals surface area contributed by atoms with Gasteiger partial charge in [0.1, 0.15) is 0 Å². The van der Waals surface area contributed by atoms with Crippen LogP contribution in [0.2, 0.25) is 0 Å². The molecule has 0 bridgehead atoms. The smallest absolute Gasteiger partial charge is 0.237 e. The average Bonchev–Trinajstić information content (AvgIpc) is 2.41. The van der Waals surface area contributed by atoms with Crippen LogP contribution in [-0.4, -0.2) is 61.1 Å². The zero-order valence-electron chi connectivity index (χ0n) is 10.4. The maximum atomic E-state index is 11.8. The van der Waals surface area contributed by atoms with Crippen molar-refractivity contribution in [3.05, 3.63) is 0 Å². The van der Waals surface area contributed by atoms with Crippen molar-refractivity contribution in [1.29, 1.82) is 0 Å². The Kier molecular flexibility index (Phi) is 5.61. The number of carbonyl (C=O) groups excluding carboxylic acids is 1. The average molecular weight is 257 g/mol. The molecule has 2 N–H and O–H groups in total. The molecule has 17 heavy (non-hydrogen) atoms. The Bertz CT molecular complexity index is 238. The largest absolute Gasteiger partial charge is 0.353 e. The molecule has 1 amide bonds. The van der Waals surface area contributed by atoms with Crippen molar-refractivity contribution >= 4 is 17.7 Å². The third-order valence-corrected chi connectivity index (χ3v) is 4.40. The fourth-order valence-electron chi connectivity index (χ4n) is 2.36. The van der Waals surface area contributed by atoms with E-state index >= 15 is 0 Å². The van der Waals surface area contributed by atoms with Crippen LogP contribution in [0.3, 0.4) is 0 Å². The fraction of sp³-hybridized carbons (Fsp3) is 0.917. The zero-order chi connectivity index (χ0) is 11.9. The first-order valence-electron chi connectivity index (χ1n) is 6.67. The second-order valence-electron chi connectivity index (χ2n) is 4.75. The minimum absolute atomic E-state index is 0.0562. The van der Waals surface area contributed by atoms with Crippen LogP contribution in [0.5, 0.6) is 0 Å². The molecule has 0 aliphatic carbocycles. The Morgan fingerprint density at radius 3 is 2.88 bits per heavy atom. The highest BCUT2D eigenvalue weighted by Crippen LogP contribution is 2.08. The van der Waals surface area contributed by atoms with E-state index in [1.165, 1.54) is 37.4 Å². The Balaban J connectivity index is 1.58. The summed E-state index contributed by atoms with van der Waals surface area (Å²) in [5.41, 5.74) is 0. The van der Waals surface area contributed by atoms with E-state index in [0.717, 1.165) is 26.1 Å². The highest BCUT2D eigenvalue weighted by atomic mass is 32.2. The van der Waals surface area contributed by atoms with Gasteiger partial charge in [-0.2, -0.15) is 11.8 Å². The van der Waals surface area contributed by atoms with E-state index in [1.807, 2.05) is 11.8 Å². The van der Waals surface area contributed by atoms with Crippen LogP contribution in [0, 0.1) is 0 Å². The van der Waals surface area contributed by atoms with Crippen molar-refractivity contribution in [1.82, 2.24) is 15.5 Å². The normalized spacial score (nSPS) is 26.7. The molecule has 2 fully saturated rings. The van der Waals surface area contributed by atoms with E-state index in [4.69, 9.17) is 0 Å². The number of amides is 1. The van der Waals surface area contributed by atoms with Crippen molar-refractivity contribution < 1.29 is 4.79 Å². The molecule has 98 valence electrons. The third kappa shape index (κ3) is 4.48. The number of hydrogen-bond donors (Lipinski definition) is 2. The molecule has 2 rings (SSSR count). The van der Waals surface area contributed by atoms with Crippen LogP contribution >= 0.6 is 11.8 Å². The first-order valence-corrected chi connectivity index (χ1v) is 7.83. The Morgan fingerprint density at radius 1 is 1.35 bits per heavy atom. The number of piperidine rings is 1. The van der Waals surface area contributed by atoms with Crippen LogP contribution in [0.1, 0.15) is 19.3 Å². The predicted molar refractivity (Wildman–Crippen MR) is 72.4 cm³/mol. The lowest BCUT2D eigenvalue weighted by molar-refractivity contribution is -0.123. The van der Waals surface area contributed by atoms with Crippen LogP contribution in [0.4, 0.5) is 0 Å². The van der Waals surface area contributed by atoms with Crippen molar-refractivity contribution in [3.8, 4) is 0 Å². The SMILES string of the molecule is O=C(NCCN1CCSCC1)C1CCCCN1.